The molecule has 0 saturated heterocycles. The van der Waals surface area contributed by atoms with Gasteiger partial charge in [-0.2, -0.15) is 18.3 Å². The van der Waals surface area contributed by atoms with Crippen LogP contribution in [0.1, 0.15) is 47.6 Å². The van der Waals surface area contributed by atoms with E-state index < -0.39 is 17.6 Å². The van der Waals surface area contributed by atoms with Crippen LogP contribution in [-0.2, 0) is 6.18 Å². The van der Waals surface area contributed by atoms with Crippen LogP contribution >= 0.6 is 0 Å². The summed E-state index contributed by atoms with van der Waals surface area (Å²) in [5, 5.41) is 6.97. The normalized spacial score (nSPS) is 15.8. The van der Waals surface area contributed by atoms with Crippen molar-refractivity contribution in [1.29, 1.82) is 0 Å². The molecule has 1 heterocycles. The summed E-state index contributed by atoms with van der Waals surface area (Å²) in [7, 11) is 0. The first-order valence-corrected chi connectivity index (χ1v) is 7.47. The number of aromatic nitrogens is 2. The lowest BCUT2D eigenvalue weighted by molar-refractivity contribution is -0.137. The molecule has 1 amide bonds. The van der Waals surface area contributed by atoms with Crippen LogP contribution in [0.4, 0.5) is 19.0 Å². The maximum absolute atomic E-state index is 12.5. The number of rotatable bonds is 3. The Labute approximate surface area is 131 Å². The molecule has 23 heavy (non-hydrogen) atoms. The summed E-state index contributed by atoms with van der Waals surface area (Å²) in [4.78, 5) is 12.2. The Kier molecular flexibility index (Phi) is 4.11. The quantitative estimate of drug-likeness (QED) is 0.917. The summed E-state index contributed by atoms with van der Waals surface area (Å²) >= 11 is 0. The summed E-state index contributed by atoms with van der Waals surface area (Å²) in [5.74, 6) is 0.125. The van der Waals surface area contributed by atoms with Gasteiger partial charge in [0.25, 0.3) is 5.91 Å². The van der Waals surface area contributed by atoms with Gasteiger partial charge in [0.1, 0.15) is 5.82 Å². The first kappa shape index (κ1) is 15.6. The second-order valence-corrected chi connectivity index (χ2v) is 5.63. The van der Waals surface area contributed by atoms with Gasteiger partial charge < -0.3 is 5.32 Å². The Bertz CT molecular complexity index is 685. The minimum atomic E-state index is -4.41. The van der Waals surface area contributed by atoms with E-state index in [0.29, 0.717) is 5.82 Å². The molecule has 1 aromatic heterocycles. The first-order chi connectivity index (χ1) is 10.9. The number of hydrogen-bond donors (Lipinski definition) is 1. The molecule has 0 aliphatic heterocycles. The average molecular weight is 323 g/mol. The number of nitrogens with one attached hydrogen (secondary N) is 1. The van der Waals surface area contributed by atoms with Gasteiger partial charge in [0, 0.05) is 11.6 Å². The molecule has 2 aromatic rings. The molecule has 1 aliphatic rings. The molecule has 0 radical (unpaired) electrons. The zero-order valence-corrected chi connectivity index (χ0v) is 12.3. The summed E-state index contributed by atoms with van der Waals surface area (Å²) in [6.07, 6.45) is 1.51. The number of amides is 1. The maximum atomic E-state index is 12.5. The summed E-state index contributed by atoms with van der Waals surface area (Å²) < 4.78 is 39.4. The number of hydrogen-bond acceptors (Lipinski definition) is 2. The van der Waals surface area contributed by atoms with E-state index in [1.165, 1.54) is 12.1 Å². The van der Waals surface area contributed by atoms with Gasteiger partial charge in [-0.05, 0) is 37.1 Å². The predicted octanol–water partition coefficient (Wildman–Crippen LogP) is 4.27. The Morgan fingerprint density at radius 2 is 1.78 bits per heavy atom. The van der Waals surface area contributed by atoms with Gasteiger partial charge in [-0.15, -0.1) is 0 Å². The zero-order valence-electron chi connectivity index (χ0n) is 12.3. The van der Waals surface area contributed by atoms with Gasteiger partial charge in [0.05, 0.1) is 17.8 Å². The van der Waals surface area contributed by atoms with Crippen molar-refractivity contribution in [2.75, 3.05) is 5.32 Å². The molecular weight excluding hydrogens is 307 g/mol. The topological polar surface area (TPSA) is 46.9 Å². The van der Waals surface area contributed by atoms with Crippen LogP contribution in [0.15, 0.2) is 36.5 Å². The van der Waals surface area contributed by atoms with Crippen molar-refractivity contribution in [3.63, 3.8) is 0 Å². The minimum Gasteiger partial charge on any atom is -0.307 e. The SMILES string of the molecule is O=C(Nc1ccnn1C1CCCC1)c1ccc(C(F)(F)F)cc1. The molecule has 7 heteroatoms. The number of halogens is 3. The van der Waals surface area contributed by atoms with Crippen LogP contribution in [0.3, 0.4) is 0 Å². The Hall–Kier alpha value is -2.31. The monoisotopic (exact) mass is 323 g/mol. The van der Waals surface area contributed by atoms with E-state index in [1.54, 1.807) is 16.9 Å². The summed E-state index contributed by atoms with van der Waals surface area (Å²) in [6, 6.07) is 6.13. The van der Waals surface area contributed by atoms with Crippen molar-refractivity contribution in [1.82, 2.24) is 9.78 Å². The lowest BCUT2D eigenvalue weighted by Gasteiger charge is -2.14. The lowest BCUT2D eigenvalue weighted by atomic mass is 10.1. The second-order valence-electron chi connectivity index (χ2n) is 5.63. The first-order valence-electron chi connectivity index (χ1n) is 7.47. The highest BCUT2D eigenvalue weighted by Crippen LogP contribution is 2.31. The zero-order chi connectivity index (χ0) is 16.4. The van der Waals surface area contributed by atoms with Crippen molar-refractivity contribution in [3.05, 3.63) is 47.7 Å². The van der Waals surface area contributed by atoms with Crippen LogP contribution in [0, 0.1) is 0 Å². The number of carbonyl (C=O) groups is 1. The third-order valence-electron chi connectivity index (χ3n) is 4.06. The molecule has 0 bridgehead atoms. The van der Waals surface area contributed by atoms with E-state index >= 15 is 0 Å². The highest BCUT2D eigenvalue weighted by atomic mass is 19.4. The van der Waals surface area contributed by atoms with Gasteiger partial charge in [0.15, 0.2) is 0 Å². The van der Waals surface area contributed by atoms with Crippen LogP contribution < -0.4 is 5.32 Å². The van der Waals surface area contributed by atoms with Crippen molar-refractivity contribution < 1.29 is 18.0 Å². The van der Waals surface area contributed by atoms with Crippen molar-refractivity contribution in [3.8, 4) is 0 Å². The van der Waals surface area contributed by atoms with Gasteiger partial charge >= 0.3 is 6.18 Å². The van der Waals surface area contributed by atoms with Crippen LogP contribution in [-0.4, -0.2) is 15.7 Å². The Balaban J connectivity index is 1.73. The molecule has 1 saturated carbocycles. The number of carbonyl (C=O) groups excluding carboxylic acids is 1. The third-order valence-corrected chi connectivity index (χ3v) is 4.06. The molecule has 0 spiro atoms. The fraction of sp³-hybridized carbons (Fsp3) is 0.375. The molecule has 0 unspecified atom stereocenters. The molecule has 1 aliphatic carbocycles. The fourth-order valence-electron chi connectivity index (χ4n) is 2.85. The molecule has 4 nitrogen and oxygen atoms in total. The second kappa shape index (κ2) is 6.06. The van der Waals surface area contributed by atoms with Crippen molar-refractivity contribution >= 4 is 11.7 Å². The van der Waals surface area contributed by atoms with Crippen LogP contribution in [0.25, 0.3) is 0 Å². The largest absolute Gasteiger partial charge is 0.416 e. The Morgan fingerprint density at radius 1 is 1.13 bits per heavy atom. The van der Waals surface area contributed by atoms with Gasteiger partial charge in [-0.3, -0.25) is 4.79 Å². The molecule has 1 fully saturated rings. The molecule has 3 rings (SSSR count). The van der Waals surface area contributed by atoms with E-state index in [-0.39, 0.29) is 11.6 Å². The van der Waals surface area contributed by atoms with Gasteiger partial charge in [-0.25, -0.2) is 4.68 Å². The van der Waals surface area contributed by atoms with Crippen molar-refractivity contribution in [2.24, 2.45) is 0 Å². The predicted molar refractivity (Wildman–Crippen MR) is 79.1 cm³/mol. The minimum absolute atomic E-state index is 0.178. The summed E-state index contributed by atoms with van der Waals surface area (Å²) in [6.45, 7) is 0. The van der Waals surface area contributed by atoms with E-state index in [2.05, 4.69) is 10.4 Å². The van der Waals surface area contributed by atoms with E-state index in [9.17, 15) is 18.0 Å². The Morgan fingerprint density at radius 3 is 2.39 bits per heavy atom. The number of nitrogens with zero attached hydrogens (tertiary/aromatic N) is 2. The molecule has 0 atom stereocenters. The number of benzene rings is 1. The van der Waals surface area contributed by atoms with E-state index in [0.717, 1.165) is 37.8 Å². The average Bonchev–Trinajstić information content (AvgIpc) is 3.17. The highest BCUT2D eigenvalue weighted by Gasteiger charge is 2.30. The van der Waals surface area contributed by atoms with Gasteiger partial charge in [-0.1, -0.05) is 12.8 Å². The molecule has 1 aromatic carbocycles. The van der Waals surface area contributed by atoms with E-state index in [1.807, 2.05) is 0 Å². The number of alkyl halides is 3. The standard InChI is InChI=1S/C16H16F3N3O/c17-16(18,19)12-7-5-11(6-8-12)15(23)21-14-9-10-20-22(14)13-3-1-2-4-13/h5-10,13H,1-4H2,(H,21,23). The van der Waals surface area contributed by atoms with Crippen molar-refractivity contribution in [2.45, 2.75) is 37.9 Å². The van der Waals surface area contributed by atoms with E-state index in [4.69, 9.17) is 0 Å². The maximum Gasteiger partial charge on any atom is 0.416 e. The third kappa shape index (κ3) is 3.38. The molecule has 1 N–H and O–H groups in total. The molecular formula is C16H16F3N3O. The smallest absolute Gasteiger partial charge is 0.307 e. The number of anilines is 1. The molecule has 122 valence electrons. The van der Waals surface area contributed by atoms with Crippen LogP contribution in [0.5, 0.6) is 0 Å². The van der Waals surface area contributed by atoms with Gasteiger partial charge in [0.2, 0.25) is 0 Å². The van der Waals surface area contributed by atoms with Crippen LogP contribution in [0.2, 0.25) is 0 Å². The lowest BCUT2D eigenvalue weighted by Crippen LogP contribution is -2.18. The highest BCUT2D eigenvalue weighted by molar-refractivity contribution is 6.03. The summed E-state index contributed by atoms with van der Waals surface area (Å²) in [5.41, 5.74) is -0.595. The fourth-order valence-corrected chi connectivity index (χ4v) is 2.85.